The maximum absolute atomic E-state index is 12.6. The van der Waals surface area contributed by atoms with Crippen LogP contribution in [-0.4, -0.2) is 33.8 Å². The molecule has 0 aliphatic heterocycles. The fourth-order valence-corrected chi connectivity index (χ4v) is 2.68. The lowest BCUT2D eigenvalue weighted by molar-refractivity contribution is 0.0779. The highest BCUT2D eigenvalue weighted by Gasteiger charge is 2.26. The van der Waals surface area contributed by atoms with Crippen LogP contribution in [0.25, 0.3) is 0 Å². The van der Waals surface area contributed by atoms with Crippen molar-refractivity contribution in [2.24, 2.45) is 0 Å². The summed E-state index contributed by atoms with van der Waals surface area (Å²) in [5, 5.41) is 3.85. The summed E-state index contributed by atoms with van der Waals surface area (Å²) in [6.45, 7) is 2.20. The Kier molecular flexibility index (Phi) is 3.75. The van der Waals surface area contributed by atoms with Crippen LogP contribution in [0.1, 0.15) is 51.3 Å². The van der Waals surface area contributed by atoms with Crippen molar-refractivity contribution in [1.29, 1.82) is 0 Å². The Balaban J connectivity index is 1.80. The van der Waals surface area contributed by atoms with Crippen LogP contribution >= 0.6 is 0 Å². The third-order valence-corrected chi connectivity index (χ3v) is 3.85. The summed E-state index contributed by atoms with van der Waals surface area (Å²) in [5.74, 6) is 1.02. The molecule has 0 saturated heterocycles. The Morgan fingerprint density at radius 1 is 1.36 bits per heavy atom. The van der Waals surface area contributed by atoms with Gasteiger partial charge in [-0.25, -0.2) is 0 Å². The molecule has 0 bridgehead atoms. The van der Waals surface area contributed by atoms with Crippen LogP contribution in [0, 0.1) is 0 Å². The van der Waals surface area contributed by atoms with Crippen molar-refractivity contribution in [2.75, 3.05) is 7.05 Å². The molecule has 6 nitrogen and oxygen atoms in total. The number of rotatable bonds is 4. The molecule has 0 atom stereocenters. The number of benzene rings is 1. The van der Waals surface area contributed by atoms with Crippen LogP contribution in [-0.2, 0) is 19.4 Å². The van der Waals surface area contributed by atoms with E-state index in [1.54, 1.807) is 30.1 Å². The zero-order valence-corrected chi connectivity index (χ0v) is 12.6. The number of carbonyl (C=O) groups is 2. The molecule has 1 aromatic carbocycles. The van der Waals surface area contributed by atoms with E-state index in [1.807, 2.05) is 6.92 Å². The molecule has 3 rings (SSSR count). The van der Waals surface area contributed by atoms with Gasteiger partial charge in [0.1, 0.15) is 0 Å². The maximum atomic E-state index is 12.6. The quantitative estimate of drug-likeness (QED) is 0.863. The average Bonchev–Trinajstić information content (AvgIpc) is 3.13. The van der Waals surface area contributed by atoms with Crippen molar-refractivity contribution in [2.45, 2.75) is 32.7 Å². The normalized spacial score (nSPS) is 13.3. The first-order valence-corrected chi connectivity index (χ1v) is 7.32. The monoisotopic (exact) mass is 299 g/mol. The molecule has 1 aliphatic rings. The number of aryl methyl sites for hydroxylation is 1. The molecule has 1 heterocycles. The van der Waals surface area contributed by atoms with Crippen molar-refractivity contribution >= 4 is 11.7 Å². The molecule has 22 heavy (non-hydrogen) atoms. The van der Waals surface area contributed by atoms with Gasteiger partial charge in [-0.3, -0.25) is 9.59 Å². The maximum Gasteiger partial charge on any atom is 0.254 e. The van der Waals surface area contributed by atoms with E-state index in [4.69, 9.17) is 4.52 Å². The Morgan fingerprint density at radius 3 is 2.91 bits per heavy atom. The van der Waals surface area contributed by atoms with Gasteiger partial charge in [0.25, 0.3) is 5.91 Å². The molecule has 0 fully saturated rings. The third-order valence-electron chi connectivity index (χ3n) is 3.85. The summed E-state index contributed by atoms with van der Waals surface area (Å²) in [4.78, 5) is 30.1. The van der Waals surface area contributed by atoms with Crippen LogP contribution in [0.15, 0.2) is 22.7 Å². The first-order valence-electron chi connectivity index (χ1n) is 7.32. The van der Waals surface area contributed by atoms with E-state index >= 15 is 0 Å². The highest BCUT2D eigenvalue weighted by molar-refractivity contribution is 6.05. The summed E-state index contributed by atoms with van der Waals surface area (Å²) in [7, 11) is 1.69. The first-order chi connectivity index (χ1) is 10.6. The van der Waals surface area contributed by atoms with E-state index in [-0.39, 0.29) is 18.2 Å². The molecular weight excluding hydrogens is 282 g/mol. The summed E-state index contributed by atoms with van der Waals surface area (Å²) in [6.07, 6.45) is 1.78. The number of amides is 1. The minimum absolute atomic E-state index is 0.109. The van der Waals surface area contributed by atoms with Gasteiger partial charge in [0.15, 0.2) is 11.6 Å². The molecule has 2 aromatic rings. The molecule has 0 N–H and O–H groups in total. The number of aromatic nitrogens is 2. The smallest absolute Gasteiger partial charge is 0.254 e. The number of carbonyl (C=O) groups excluding carboxylic acids is 2. The van der Waals surface area contributed by atoms with Gasteiger partial charge < -0.3 is 9.42 Å². The molecule has 1 aromatic heterocycles. The number of ketones is 1. The highest BCUT2D eigenvalue weighted by atomic mass is 16.5. The summed E-state index contributed by atoms with van der Waals surface area (Å²) >= 11 is 0. The minimum atomic E-state index is -0.130. The van der Waals surface area contributed by atoms with E-state index in [1.165, 1.54) is 0 Å². The van der Waals surface area contributed by atoms with Gasteiger partial charge in [-0.05, 0) is 18.1 Å². The van der Waals surface area contributed by atoms with Crippen LogP contribution in [0.4, 0.5) is 0 Å². The van der Waals surface area contributed by atoms with Gasteiger partial charge >= 0.3 is 0 Å². The van der Waals surface area contributed by atoms with Crippen LogP contribution < -0.4 is 0 Å². The zero-order valence-electron chi connectivity index (χ0n) is 12.6. The summed E-state index contributed by atoms with van der Waals surface area (Å²) in [5.41, 5.74) is 2.11. The number of nitrogens with zero attached hydrogens (tertiary/aromatic N) is 3. The summed E-state index contributed by atoms with van der Waals surface area (Å²) < 4.78 is 5.04. The van der Waals surface area contributed by atoms with Gasteiger partial charge in [0.05, 0.1) is 6.54 Å². The number of fused-ring (bicyclic) bond motifs is 1. The molecule has 0 radical (unpaired) electrons. The predicted molar refractivity (Wildman–Crippen MR) is 78.6 cm³/mol. The Labute approximate surface area is 128 Å². The van der Waals surface area contributed by atoms with Crippen molar-refractivity contribution in [3.63, 3.8) is 0 Å². The minimum Gasteiger partial charge on any atom is -0.339 e. The molecule has 0 saturated carbocycles. The largest absolute Gasteiger partial charge is 0.339 e. The number of Topliss-reactive ketones (excluding diaryl/α,β-unsaturated/α-hetero) is 1. The zero-order chi connectivity index (χ0) is 15.7. The van der Waals surface area contributed by atoms with Crippen molar-refractivity contribution in [3.8, 4) is 0 Å². The molecule has 0 unspecified atom stereocenters. The lowest BCUT2D eigenvalue weighted by Crippen LogP contribution is -2.27. The van der Waals surface area contributed by atoms with E-state index < -0.39 is 0 Å². The lowest BCUT2D eigenvalue weighted by atomic mass is 10.0. The number of hydrogen-bond donors (Lipinski definition) is 0. The van der Waals surface area contributed by atoms with Gasteiger partial charge in [0.2, 0.25) is 5.89 Å². The molecule has 1 amide bonds. The second-order valence-electron chi connectivity index (χ2n) is 5.37. The standard InChI is InChI=1S/C16H17N3O3/c1-3-15-17-14(18-22-15)9-19(2)16(21)12-6-4-5-11-10(12)7-8-13(11)20/h4-6H,3,7-9H2,1-2H3. The van der Waals surface area contributed by atoms with E-state index in [0.717, 1.165) is 5.56 Å². The van der Waals surface area contributed by atoms with Gasteiger partial charge in [-0.2, -0.15) is 4.98 Å². The van der Waals surface area contributed by atoms with Crippen LogP contribution in [0.3, 0.4) is 0 Å². The predicted octanol–water partition coefficient (Wildman–Crippen LogP) is 2.03. The summed E-state index contributed by atoms with van der Waals surface area (Å²) in [6, 6.07) is 5.31. The fraction of sp³-hybridized carbons (Fsp3) is 0.375. The van der Waals surface area contributed by atoms with Crippen molar-refractivity contribution in [1.82, 2.24) is 15.0 Å². The van der Waals surface area contributed by atoms with Gasteiger partial charge in [-0.1, -0.05) is 24.2 Å². The van der Waals surface area contributed by atoms with E-state index in [2.05, 4.69) is 10.1 Å². The topological polar surface area (TPSA) is 76.3 Å². The van der Waals surface area contributed by atoms with E-state index in [0.29, 0.717) is 42.1 Å². The molecule has 114 valence electrons. The van der Waals surface area contributed by atoms with Crippen LogP contribution in [0.5, 0.6) is 0 Å². The molecule has 0 spiro atoms. The second kappa shape index (κ2) is 5.71. The molecule has 1 aliphatic carbocycles. The van der Waals surface area contributed by atoms with E-state index in [9.17, 15) is 9.59 Å². The molecular formula is C16H17N3O3. The van der Waals surface area contributed by atoms with Crippen molar-refractivity contribution in [3.05, 3.63) is 46.6 Å². The Hall–Kier alpha value is -2.50. The third kappa shape index (κ3) is 2.52. The Bertz CT molecular complexity index is 736. The Morgan fingerprint density at radius 2 is 2.18 bits per heavy atom. The highest BCUT2D eigenvalue weighted by Crippen LogP contribution is 2.26. The molecule has 6 heteroatoms. The number of hydrogen-bond acceptors (Lipinski definition) is 5. The first kappa shape index (κ1) is 14.4. The van der Waals surface area contributed by atoms with Gasteiger partial charge in [-0.15, -0.1) is 0 Å². The SMILES string of the molecule is CCc1nc(CN(C)C(=O)c2cccc3c2CCC3=O)no1. The lowest BCUT2D eigenvalue weighted by Gasteiger charge is -2.17. The van der Waals surface area contributed by atoms with Crippen molar-refractivity contribution < 1.29 is 14.1 Å². The fourth-order valence-electron chi connectivity index (χ4n) is 2.68. The average molecular weight is 299 g/mol. The van der Waals surface area contributed by atoms with Gasteiger partial charge in [0, 0.05) is 31.0 Å². The van der Waals surface area contributed by atoms with Crippen LogP contribution in [0.2, 0.25) is 0 Å². The second-order valence-corrected chi connectivity index (χ2v) is 5.37.